The molecule has 1 aliphatic rings. The highest BCUT2D eigenvalue weighted by molar-refractivity contribution is 5.95. The van der Waals surface area contributed by atoms with Crippen LogP contribution >= 0.6 is 0 Å². The summed E-state index contributed by atoms with van der Waals surface area (Å²) >= 11 is 0. The van der Waals surface area contributed by atoms with Crippen LogP contribution in [-0.2, 0) is 4.79 Å². The molecule has 4 heterocycles. The summed E-state index contributed by atoms with van der Waals surface area (Å²) in [5, 5.41) is 7.59. The van der Waals surface area contributed by atoms with E-state index in [0.717, 1.165) is 5.56 Å². The van der Waals surface area contributed by atoms with E-state index in [0.29, 0.717) is 28.8 Å². The second-order valence-corrected chi connectivity index (χ2v) is 5.39. The minimum Gasteiger partial charge on any atom is -0.461 e. The van der Waals surface area contributed by atoms with Gasteiger partial charge in [-0.05, 0) is 36.8 Å². The molecule has 0 saturated carbocycles. The minimum atomic E-state index is -0.512. The number of fused-ring (bicyclic) bond motifs is 1. The van der Waals surface area contributed by atoms with E-state index in [9.17, 15) is 4.79 Å². The van der Waals surface area contributed by atoms with Crippen LogP contribution in [-0.4, -0.2) is 25.7 Å². The average Bonchev–Trinajstić information content (AvgIpc) is 3.23. The molecule has 0 aliphatic carbocycles. The number of hydrogen-bond donors (Lipinski definition) is 2. The van der Waals surface area contributed by atoms with Gasteiger partial charge in [0, 0.05) is 18.1 Å². The van der Waals surface area contributed by atoms with E-state index in [1.807, 2.05) is 12.1 Å². The van der Waals surface area contributed by atoms with Crippen molar-refractivity contribution in [1.29, 1.82) is 0 Å². The molecule has 4 rings (SSSR count). The van der Waals surface area contributed by atoms with Crippen LogP contribution in [0.3, 0.4) is 0 Å². The van der Waals surface area contributed by atoms with Gasteiger partial charge in [-0.1, -0.05) is 0 Å². The molecule has 1 atom stereocenters. The van der Waals surface area contributed by atoms with Crippen LogP contribution in [0.5, 0.6) is 0 Å². The van der Waals surface area contributed by atoms with E-state index in [4.69, 9.17) is 10.2 Å². The fourth-order valence-corrected chi connectivity index (χ4v) is 2.83. The Morgan fingerprint density at radius 3 is 2.79 bits per heavy atom. The highest BCUT2D eigenvalue weighted by Gasteiger charge is 2.33. The summed E-state index contributed by atoms with van der Waals surface area (Å²) in [7, 11) is 0. The van der Waals surface area contributed by atoms with E-state index < -0.39 is 11.9 Å². The summed E-state index contributed by atoms with van der Waals surface area (Å²) in [6, 6.07) is 6.71. The topological polar surface area (TPSA) is 112 Å². The van der Waals surface area contributed by atoms with Gasteiger partial charge >= 0.3 is 0 Å². The van der Waals surface area contributed by atoms with Crippen LogP contribution in [0.15, 0.2) is 58.6 Å². The number of hydrogen-bond acceptors (Lipinski definition) is 6. The van der Waals surface area contributed by atoms with Crippen molar-refractivity contribution in [2.75, 3.05) is 5.32 Å². The number of amides is 1. The van der Waals surface area contributed by atoms with Gasteiger partial charge in [-0.2, -0.15) is 4.98 Å². The third kappa shape index (κ3) is 2.16. The van der Waals surface area contributed by atoms with Crippen LogP contribution in [0.25, 0.3) is 11.6 Å². The molecule has 0 aromatic carbocycles. The highest BCUT2D eigenvalue weighted by atomic mass is 16.3. The zero-order valence-corrected chi connectivity index (χ0v) is 12.8. The van der Waals surface area contributed by atoms with Crippen molar-refractivity contribution >= 4 is 11.9 Å². The SMILES string of the molecule is CC1=C(C(N)=O)C(c2ccncc2)n2nc(-c3ccco3)nc2N1. The largest absolute Gasteiger partial charge is 0.461 e. The van der Waals surface area contributed by atoms with E-state index >= 15 is 0 Å². The van der Waals surface area contributed by atoms with Crippen LogP contribution in [0.2, 0.25) is 0 Å². The van der Waals surface area contributed by atoms with Crippen molar-refractivity contribution in [2.24, 2.45) is 5.73 Å². The second kappa shape index (κ2) is 5.34. The number of aromatic nitrogens is 4. The van der Waals surface area contributed by atoms with Crippen LogP contribution in [0.1, 0.15) is 18.5 Å². The van der Waals surface area contributed by atoms with Gasteiger partial charge in [-0.15, -0.1) is 5.10 Å². The lowest BCUT2D eigenvalue weighted by atomic mass is 9.96. The van der Waals surface area contributed by atoms with Crippen molar-refractivity contribution < 1.29 is 9.21 Å². The Balaban J connectivity index is 1.90. The summed E-state index contributed by atoms with van der Waals surface area (Å²) in [4.78, 5) is 20.5. The number of carbonyl (C=O) groups excluding carboxylic acids is 1. The number of nitrogens with two attached hydrogens (primary N) is 1. The standard InChI is InChI=1S/C16H14N6O2/c1-9-12(14(17)23)13(10-4-6-18-7-5-10)22-16(19-9)20-15(21-22)11-3-2-8-24-11/h2-8,13H,1H3,(H2,17,23)(H,19,20,21). The number of primary amides is 1. The Bertz CT molecular complexity index is 927. The summed E-state index contributed by atoms with van der Waals surface area (Å²) in [5.41, 5.74) is 7.54. The minimum absolute atomic E-state index is 0.431. The number of furan rings is 1. The van der Waals surface area contributed by atoms with E-state index in [2.05, 4.69) is 20.4 Å². The third-order valence-electron chi connectivity index (χ3n) is 3.88. The predicted molar refractivity (Wildman–Crippen MR) is 85.6 cm³/mol. The maximum Gasteiger partial charge on any atom is 0.248 e. The molecule has 0 bridgehead atoms. The number of carbonyl (C=O) groups is 1. The fraction of sp³-hybridized carbons (Fsp3) is 0.125. The summed E-state index contributed by atoms with van der Waals surface area (Å²) in [6.45, 7) is 1.79. The fourth-order valence-electron chi connectivity index (χ4n) is 2.83. The molecule has 0 fully saturated rings. The second-order valence-electron chi connectivity index (χ2n) is 5.39. The van der Waals surface area contributed by atoms with Gasteiger partial charge < -0.3 is 15.5 Å². The number of nitrogens with one attached hydrogen (secondary N) is 1. The average molecular weight is 322 g/mol. The lowest BCUT2D eigenvalue weighted by Crippen LogP contribution is -2.31. The Morgan fingerprint density at radius 2 is 2.12 bits per heavy atom. The van der Waals surface area contributed by atoms with Crippen molar-refractivity contribution in [3.63, 3.8) is 0 Å². The summed E-state index contributed by atoms with van der Waals surface area (Å²) in [5.74, 6) is 0.985. The molecule has 0 spiro atoms. The zero-order chi connectivity index (χ0) is 16.7. The van der Waals surface area contributed by atoms with Crippen LogP contribution < -0.4 is 11.1 Å². The molecule has 8 heteroatoms. The lowest BCUT2D eigenvalue weighted by Gasteiger charge is -2.27. The van der Waals surface area contributed by atoms with E-state index in [1.165, 1.54) is 0 Å². The predicted octanol–water partition coefficient (Wildman–Crippen LogP) is 1.71. The lowest BCUT2D eigenvalue weighted by molar-refractivity contribution is -0.115. The molecule has 120 valence electrons. The van der Waals surface area contributed by atoms with Crippen molar-refractivity contribution in [3.05, 3.63) is 59.8 Å². The quantitative estimate of drug-likeness (QED) is 0.759. The summed E-state index contributed by atoms with van der Waals surface area (Å²) < 4.78 is 7.00. The summed E-state index contributed by atoms with van der Waals surface area (Å²) in [6.07, 6.45) is 4.88. The third-order valence-corrected chi connectivity index (χ3v) is 3.88. The molecule has 0 saturated heterocycles. The van der Waals surface area contributed by atoms with Gasteiger partial charge in [-0.25, -0.2) is 4.68 Å². The van der Waals surface area contributed by atoms with Gasteiger partial charge in [0.05, 0.1) is 11.8 Å². The molecule has 0 radical (unpaired) electrons. The smallest absolute Gasteiger partial charge is 0.248 e. The van der Waals surface area contributed by atoms with Gasteiger partial charge in [-0.3, -0.25) is 9.78 Å². The zero-order valence-electron chi connectivity index (χ0n) is 12.8. The van der Waals surface area contributed by atoms with E-state index in [1.54, 1.807) is 42.4 Å². The molecule has 3 N–H and O–H groups in total. The first-order chi connectivity index (χ1) is 11.6. The van der Waals surface area contributed by atoms with Gasteiger partial charge in [0.25, 0.3) is 0 Å². The molecule has 1 aliphatic heterocycles. The first kappa shape index (κ1) is 14.2. The number of allylic oxidation sites excluding steroid dienone is 1. The highest BCUT2D eigenvalue weighted by Crippen LogP contribution is 2.35. The normalized spacial score (nSPS) is 16.6. The first-order valence-electron chi connectivity index (χ1n) is 7.33. The monoisotopic (exact) mass is 322 g/mol. The maximum atomic E-state index is 12.0. The van der Waals surface area contributed by atoms with Crippen molar-refractivity contribution in [3.8, 4) is 11.6 Å². The number of anilines is 1. The molecule has 24 heavy (non-hydrogen) atoms. The van der Waals surface area contributed by atoms with Gasteiger partial charge in [0.1, 0.15) is 6.04 Å². The molecular weight excluding hydrogens is 308 g/mol. The molecule has 1 unspecified atom stereocenters. The molecule has 3 aromatic rings. The number of pyridine rings is 1. The Hall–Kier alpha value is -3.42. The first-order valence-corrected chi connectivity index (χ1v) is 7.33. The Kier molecular flexibility index (Phi) is 3.16. The molecular formula is C16H14N6O2. The number of nitrogens with zero attached hydrogens (tertiary/aromatic N) is 4. The van der Waals surface area contributed by atoms with Gasteiger partial charge in [0.15, 0.2) is 5.76 Å². The maximum absolute atomic E-state index is 12.0. The molecule has 3 aromatic heterocycles. The number of rotatable bonds is 3. The van der Waals surface area contributed by atoms with Crippen molar-refractivity contribution in [2.45, 2.75) is 13.0 Å². The van der Waals surface area contributed by atoms with Crippen LogP contribution in [0, 0.1) is 0 Å². The van der Waals surface area contributed by atoms with E-state index in [-0.39, 0.29) is 0 Å². The molecule has 1 amide bonds. The van der Waals surface area contributed by atoms with Gasteiger partial charge in [0.2, 0.25) is 17.7 Å². The Morgan fingerprint density at radius 1 is 1.33 bits per heavy atom. The van der Waals surface area contributed by atoms with Crippen molar-refractivity contribution in [1.82, 2.24) is 19.7 Å². The Labute approximate surface area is 137 Å². The molecule has 8 nitrogen and oxygen atoms in total. The van der Waals surface area contributed by atoms with Crippen LogP contribution in [0.4, 0.5) is 5.95 Å².